The largest absolute Gasteiger partial charge is 0.379 e. The number of benzene rings is 1. The van der Waals surface area contributed by atoms with Crippen molar-refractivity contribution in [3.8, 4) is 0 Å². The molecule has 0 saturated carbocycles. The molecule has 172 valence electrons. The normalized spacial score (nSPS) is 15.7. The van der Waals surface area contributed by atoms with E-state index in [-0.39, 0.29) is 17.8 Å². The first-order valence-corrected chi connectivity index (χ1v) is 12.6. The minimum atomic E-state index is -0.256. The van der Waals surface area contributed by atoms with Crippen LogP contribution in [0.5, 0.6) is 0 Å². The number of carbonyl (C=O) groups is 1. The highest BCUT2D eigenvalue weighted by Crippen LogP contribution is 2.30. The van der Waals surface area contributed by atoms with Crippen LogP contribution >= 0.6 is 22.7 Å². The van der Waals surface area contributed by atoms with Gasteiger partial charge in [-0.05, 0) is 42.1 Å². The van der Waals surface area contributed by atoms with E-state index in [0.717, 1.165) is 47.8 Å². The highest BCUT2D eigenvalue weighted by atomic mass is 32.1. The summed E-state index contributed by atoms with van der Waals surface area (Å²) in [5.41, 5.74) is 1.84. The van der Waals surface area contributed by atoms with E-state index >= 15 is 0 Å². The lowest BCUT2D eigenvalue weighted by Crippen LogP contribution is -2.43. The van der Waals surface area contributed by atoms with Crippen molar-refractivity contribution in [3.63, 3.8) is 0 Å². The summed E-state index contributed by atoms with van der Waals surface area (Å²) in [7, 11) is 0. The number of carbonyl (C=O) groups excluding carboxylic acids is 1. The van der Waals surface area contributed by atoms with Gasteiger partial charge in [0.05, 0.1) is 36.4 Å². The van der Waals surface area contributed by atoms with E-state index in [1.807, 2.05) is 17.7 Å². The van der Waals surface area contributed by atoms with Gasteiger partial charge in [-0.15, -0.1) is 22.7 Å². The predicted octanol–water partition coefficient (Wildman–Crippen LogP) is 4.46. The third-order valence-corrected chi connectivity index (χ3v) is 8.01. The van der Waals surface area contributed by atoms with Gasteiger partial charge < -0.3 is 10.1 Å². The van der Waals surface area contributed by atoms with E-state index in [0.29, 0.717) is 18.0 Å². The fourth-order valence-corrected chi connectivity index (χ4v) is 6.09. The maximum Gasteiger partial charge on any atom is 0.261 e. The molecule has 1 aliphatic rings. The smallest absolute Gasteiger partial charge is 0.261 e. The highest BCUT2D eigenvalue weighted by molar-refractivity contribution is 7.20. The number of hydrogen-bond donors (Lipinski definition) is 1. The molecule has 9 heteroatoms. The zero-order valence-electron chi connectivity index (χ0n) is 18.3. The molecule has 0 bridgehead atoms. The second-order valence-electron chi connectivity index (χ2n) is 8.09. The number of aryl methyl sites for hydroxylation is 1. The van der Waals surface area contributed by atoms with Gasteiger partial charge in [-0.3, -0.25) is 14.4 Å². The zero-order chi connectivity index (χ0) is 22.8. The van der Waals surface area contributed by atoms with Crippen molar-refractivity contribution in [2.45, 2.75) is 19.5 Å². The molecule has 4 heterocycles. The summed E-state index contributed by atoms with van der Waals surface area (Å²) < 4.78 is 20.6. The third-order valence-electron chi connectivity index (χ3n) is 5.89. The number of aromatic nitrogens is 2. The molecule has 33 heavy (non-hydrogen) atoms. The van der Waals surface area contributed by atoms with Crippen LogP contribution in [0.2, 0.25) is 0 Å². The molecule has 0 spiro atoms. The van der Waals surface area contributed by atoms with Crippen LogP contribution in [0.15, 0.2) is 47.8 Å². The average Bonchev–Trinajstić information content (AvgIpc) is 3.56. The lowest BCUT2D eigenvalue weighted by molar-refractivity contribution is 0.0169. The van der Waals surface area contributed by atoms with Gasteiger partial charge >= 0.3 is 0 Å². The Kier molecular flexibility index (Phi) is 6.55. The molecule has 0 radical (unpaired) electrons. The van der Waals surface area contributed by atoms with E-state index in [1.165, 1.54) is 28.3 Å². The molecule has 3 aromatic heterocycles. The van der Waals surface area contributed by atoms with Crippen molar-refractivity contribution in [1.82, 2.24) is 20.0 Å². The summed E-state index contributed by atoms with van der Waals surface area (Å²) in [6, 6.07) is 12.7. The second kappa shape index (κ2) is 9.72. The van der Waals surface area contributed by atoms with Crippen molar-refractivity contribution in [1.29, 1.82) is 0 Å². The monoisotopic (exact) mass is 484 g/mol. The molecule has 4 aromatic rings. The maximum atomic E-state index is 13.2. The van der Waals surface area contributed by atoms with Crippen molar-refractivity contribution in [2.75, 3.05) is 32.8 Å². The average molecular weight is 485 g/mol. The number of nitrogens with one attached hydrogen (secondary N) is 1. The van der Waals surface area contributed by atoms with E-state index < -0.39 is 0 Å². The van der Waals surface area contributed by atoms with Crippen molar-refractivity contribution >= 4 is 38.8 Å². The molecule has 0 unspecified atom stereocenters. The Balaban J connectivity index is 1.32. The van der Waals surface area contributed by atoms with Gasteiger partial charge in [-0.2, -0.15) is 5.10 Å². The molecule has 1 saturated heterocycles. The molecule has 1 N–H and O–H groups in total. The lowest BCUT2D eigenvalue weighted by atomic mass is 10.2. The fraction of sp³-hybridized carbons (Fsp3) is 0.333. The molecular formula is C24H25FN4O2S2. The summed E-state index contributed by atoms with van der Waals surface area (Å²) in [6.45, 7) is 6.19. The molecule has 1 fully saturated rings. The van der Waals surface area contributed by atoms with Crippen LogP contribution in [0.3, 0.4) is 0 Å². The Labute approximate surface area is 199 Å². The van der Waals surface area contributed by atoms with Gasteiger partial charge in [0, 0.05) is 29.9 Å². The second-order valence-corrected chi connectivity index (χ2v) is 10.1. The molecule has 0 aliphatic carbocycles. The Morgan fingerprint density at radius 1 is 1.24 bits per heavy atom. The van der Waals surface area contributed by atoms with Crippen LogP contribution < -0.4 is 5.32 Å². The number of nitrogens with zero attached hydrogens (tertiary/aromatic N) is 3. The summed E-state index contributed by atoms with van der Waals surface area (Å²) in [5.74, 6) is -0.327. The first-order valence-electron chi connectivity index (χ1n) is 10.9. The molecule has 5 rings (SSSR count). The quantitative estimate of drug-likeness (QED) is 0.421. The lowest BCUT2D eigenvalue weighted by Gasteiger charge is -2.34. The van der Waals surface area contributed by atoms with Crippen LogP contribution in [0.25, 0.3) is 10.2 Å². The Bertz CT molecular complexity index is 1230. The summed E-state index contributed by atoms with van der Waals surface area (Å²) in [5, 5.41) is 10.8. The van der Waals surface area contributed by atoms with Gasteiger partial charge in [0.15, 0.2) is 0 Å². The van der Waals surface area contributed by atoms with Gasteiger partial charge in [-0.25, -0.2) is 4.39 Å². The number of ether oxygens (including phenoxy) is 1. The van der Waals surface area contributed by atoms with Crippen LogP contribution in [-0.4, -0.2) is 53.4 Å². The van der Waals surface area contributed by atoms with Crippen LogP contribution in [0.4, 0.5) is 4.39 Å². The van der Waals surface area contributed by atoms with Crippen LogP contribution in [-0.2, 0) is 11.3 Å². The summed E-state index contributed by atoms with van der Waals surface area (Å²) in [4.78, 5) is 18.3. The maximum absolute atomic E-state index is 13.2. The number of hydrogen-bond acceptors (Lipinski definition) is 6. The number of thiophene rings is 2. The first-order chi connectivity index (χ1) is 16.1. The topological polar surface area (TPSA) is 59.4 Å². The van der Waals surface area contributed by atoms with Gasteiger partial charge in [-0.1, -0.05) is 18.2 Å². The van der Waals surface area contributed by atoms with Crippen LogP contribution in [0.1, 0.15) is 31.8 Å². The molecule has 1 aliphatic heterocycles. The molecule has 1 aromatic carbocycles. The number of amides is 1. The predicted molar refractivity (Wildman–Crippen MR) is 130 cm³/mol. The number of morpholine rings is 1. The Morgan fingerprint density at radius 2 is 2.03 bits per heavy atom. The standard InChI is InChI=1S/C24H25FN4O2S2/c1-16-19-13-22(33-24(19)29(27-16)15-17-4-6-18(25)7-5-17)23(30)26-14-20(21-3-2-12-32-21)28-8-10-31-11-9-28/h2-7,12-13,20H,8-11,14-15H2,1H3,(H,26,30)/t20-/m1/s1. The van der Waals surface area contributed by atoms with Gasteiger partial charge in [0.25, 0.3) is 5.91 Å². The van der Waals surface area contributed by atoms with Crippen LogP contribution in [0, 0.1) is 12.7 Å². The highest BCUT2D eigenvalue weighted by Gasteiger charge is 2.25. The minimum absolute atomic E-state index is 0.0706. The zero-order valence-corrected chi connectivity index (χ0v) is 19.9. The number of halogens is 1. The number of rotatable bonds is 7. The van der Waals surface area contributed by atoms with E-state index in [1.54, 1.807) is 23.5 Å². The van der Waals surface area contributed by atoms with E-state index in [2.05, 4.69) is 32.8 Å². The SMILES string of the molecule is Cc1nn(Cc2ccc(F)cc2)c2sc(C(=O)NC[C@H](c3cccs3)N3CCOCC3)cc12. The van der Waals surface area contributed by atoms with Gasteiger partial charge in [0.1, 0.15) is 10.6 Å². The summed E-state index contributed by atoms with van der Waals surface area (Å²) in [6.07, 6.45) is 0. The van der Waals surface area contributed by atoms with E-state index in [4.69, 9.17) is 4.74 Å². The number of fused-ring (bicyclic) bond motifs is 1. The Hall–Kier alpha value is -2.59. The molecule has 6 nitrogen and oxygen atoms in total. The molecule has 1 amide bonds. The summed E-state index contributed by atoms with van der Waals surface area (Å²) >= 11 is 3.16. The minimum Gasteiger partial charge on any atom is -0.379 e. The molecule has 1 atom stereocenters. The first kappa shape index (κ1) is 22.2. The molecular weight excluding hydrogens is 459 g/mol. The Morgan fingerprint density at radius 3 is 2.76 bits per heavy atom. The van der Waals surface area contributed by atoms with E-state index in [9.17, 15) is 9.18 Å². The van der Waals surface area contributed by atoms with Crippen molar-refractivity contribution in [3.05, 3.63) is 74.7 Å². The fourth-order valence-electron chi connectivity index (χ4n) is 4.15. The van der Waals surface area contributed by atoms with Crippen molar-refractivity contribution in [2.24, 2.45) is 0 Å². The van der Waals surface area contributed by atoms with Gasteiger partial charge in [0.2, 0.25) is 0 Å². The van der Waals surface area contributed by atoms with Crippen molar-refractivity contribution < 1.29 is 13.9 Å². The third kappa shape index (κ3) is 4.86.